The van der Waals surface area contributed by atoms with Crippen LogP contribution in [0, 0.1) is 6.92 Å². The van der Waals surface area contributed by atoms with Crippen LogP contribution in [0.1, 0.15) is 36.0 Å². The molecule has 0 amide bonds. The lowest BCUT2D eigenvalue weighted by molar-refractivity contribution is 0.612. The number of aromatic amines is 2. The van der Waals surface area contributed by atoms with Crippen LogP contribution in [0.25, 0.3) is 15.9 Å². The molecule has 0 radical (unpaired) electrons. The van der Waals surface area contributed by atoms with E-state index in [0.29, 0.717) is 6.04 Å². The topological polar surface area (TPSA) is 85.5 Å². The molecule has 7 nitrogen and oxygen atoms in total. The highest BCUT2D eigenvalue weighted by atomic mass is 32.2. The fourth-order valence-corrected chi connectivity index (χ4v) is 4.65. The zero-order valence-corrected chi connectivity index (χ0v) is 15.4. The first kappa shape index (κ1) is 15.9. The van der Waals surface area contributed by atoms with E-state index in [2.05, 4.69) is 48.3 Å². The number of rotatable bonds is 3. The van der Waals surface area contributed by atoms with Crippen LogP contribution < -0.4 is 10.2 Å². The zero-order chi connectivity index (χ0) is 17.5. The van der Waals surface area contributed by atoms with Crippen molar-refractivity contribution in [2.24, 2.45) is 0 Å². The molecular weight excluding hydrogens is 346 g/mol. The third kappa shape index (κ3) is 2.69. The van der Waals surface area contributed by atoms with E-state index in [4.69, 9.17) is 0 Å². The maximum Gasteiger partial charge on any atom is 0.145 e. The monoisotopic (exact) mass is 367 g/mol. The molecule has 0 aromatic carbocycles. The molecule has 3 aromatic rings. The van der Waals surface area contributed by atoms with Crippen molar-refractivity contribution in [2.75, 3.05) is 23.7 Å². The highest BCUT2D eigenvalue weighted by molar-refractivity contribution is 8.08. The first-order chi connectivity index (χ1) is 12.8. The molecule has 1 atom stereocenters. The number of imidazole rings is 1. The van der Waals surface area contributed by atoms with Crippen molar-refractivity contribution >= 4 is 33.5 Å². The molecule has 5 rings (SSSR count). The molecular formula is C18H21N7S. The summed E-state index contributed by atoms with van der Waals surface area (Å²) in [6.45, 7) is 4.09. The molecule has 134 valence electrons. The van der Waals surface area contributed by atoms with Gasteiger partial charge in [-0.2, -0.15) is 0 Å². The molecule has 0 unspecified atom stereocenters. The Hall–Kier alpha value is -2.32. The summed E-state index contributed by atoms with van der Waals surface area (Å²) in [6, 6.07) is 0.359. The molecule has 0 bridgehead atoms. The molecule has 0 spiro atoms. The summed E-state index contributed by atoms with van der Waals surface area (Å²) in [7, 11) is 0. The Bertz CT molecular complexity index is 967. The highest BCUT2D eigenvalue weighted by Gasteiger charge is 2.22. The first-order valence-corrected chi connectivity index (χ1v) is 9.97. The number of H-pyrrole nitrogens is 2. The number of hydrogen-bond acceptors (Lipinski definition) is 6. The number of thioether (sulfide) groups is 1. The molecule has 0 saturated carbocycles. The van der Waals surface area contributed by atoms with Crippen LogP contribution in [-0.2, 0) is 0 Å². The Morgan fingerprint density at radius 3 is 3.12 bits per heavy atom. The van der Waals surface area contributed by atoms with Gasteiger partial charge >= 0.3 is 0 Å². The van der Waals surface area contributed by atoms with E-state index in [0.717, 1.165) is 53.6 Å². The SMILES string of the molecule is Cc1c[nH]c2ncnc(N3C=C(c4cnc([C@@H]5CCCN5)[nH]4)SCC3)c12. The quantitative estimate of drug-likeness (QED) is 0.660. The minimum atomic E-state index is 0.359. The lowest BCUT2D eigenvalue weighted by atomic mass is 10.2. The van der Waals surface area contributed by atoms with Gasteiger partial charge in [0.15, 0.2) is 0 Å². The van der Waals surface area contributed by atoms with Gasteiger partial charge < -0.3 is 20.2 Å². The van der Waals surface area contributed by atoms with Gasteiger partial charge in [0.2, 0.25) is 0 Å². The third-order valence-corrected chi connectivity index (χ3v) is 6.06. The van der Waals surface area contributed by atoms with Crippen LogP contribution in [0.5, 0.6) is 0 Å². The predicted octanol–water partition coefficient (Wildman–Crippen LogP) is 2.97. The Kier molecular flexibility index (Phi) is 3.94. The number of hydrogen-bond donors (Lipinski definition) is 3. The number of anilines is 1. The van der Waals surface area contributed by atoms with E-state index < -0.39 is 0 Å². The van der Waals surface area contributed by atoms with Crippen molar-refractivity contribution in [2.45, 2.75) is 25.8 Å². The first-order valence-electron chi connectivity index (χ1n) is 8.98. The van der Waals surface area contributed by atoms with Gasteiger partial charge in [0.05, 0.1) is 23.3 Å². The highest BCUT2D eigenvalue weighted by Crippen LogP contribution is 2.35. The average Bonchev–Trinajstić information content (AvgIpc) is 3.42. The second-order valence-electron chi connectivity index (χ2n) is 6.76. The summed E-state index contributed by atoms with van der Waals surface area (Å²) >= 11 is 1.86. The van der Waals surface area contributed by atoms with Gasteiger partial charge in [-0.15, -0.1) is 11.8 Å². The smallest absolute Gasteiger partial charge is 0.145 e. The number of nitrogens with one attached hydrogen (secondary N) is 3. The predicted molar refractivity (Wildman–Crippen MR) is 105 cm³/mol. The summed E-state index contributed by atoms with van der Waals surface area (Å²) in [5.74, 6) is 3.02. The van der Waals surface area contributed by atoms with E-state index >= 15 is 0 Å². The van der Waals surface area contributed by atoms with Crippen LogP contribution in [-0.4, -0.2) is 43.8 Å². The van der Waals surface area contributed by atoms with Gasteiger partial charge in [0.1, 0.15) is 23.6 Å². The summed E-state index contributed by atoms with van der Waals surface area (Å²) in [5.41, 5.74) is 3.14. The summed E-state index contributed by atoms with van der Waals surface area (Å²) in [6.07, 6.45) is 10.1. The van der Waals surface area contributed by atoms with E-state index in [1.807, 2.05) is 24.2 Å². The third-order valence-electron chi connectivity index (χ3n) is 5.03. The normalized spacial score (nSPS) is 20.7. The van der Waals surface area contributed by atoms with Crippen molar-refractivity contribution in [3.8, 4) is 0 Å². The zero-order valence-electron chi connectivity index (χ0n) is 14.6. The molecule has 3 aromatic heterocycles. The van der Waals surface area contributed by atoms with Crippen molar-refractivity contribution in [3.63, 3.8) is 0 Å². The lowest BCUT2D eigenvalue weighted by Crippen LogP contribution is -2.24. The molecule has 26 heavy (non-hydrogen) atoms. The summed E-state index contributed by atoms with van der Waals surface area (Å²) in [5, 5.41) is 4.59. The molecule has 8 heteroatoms. The molecule has 1 saturated heterocycles. The molecule has 1 fully saturated rings. The van der Waals surface area contributed by atoms with Gasteiger partial charge in [-0.05, 0) is 31.9 Å². The van der Waals surface area contributed by atoms with Crippen LogP contribution in [0.15, 0.2) is 24.9 Å². The van der Waals surface area contributed by atoms with Gasteiger partial charge in [-0.25, -0.2) is 15.0 Å². The maximum atomic E-state index is 4.61. The molecule has 2 aliphatic rings. The Labute approximate surface area is 155 Å². The minimum absolute atomic E-state index is 0.359. The number of aryl methyl sites for hydroxylation is 1. The fraction of sp³-hybridized carbons (Fsp3) is 0.389. The Balaban J connectivity index is 1.49. The lowest BCUT2D eigenvalue weighted by Gasteiger charge is -2.25. The molecule has 2 aliphatic heterocycles. The summed E-state index contributed by atoms with van der Waals surface area (Å²) in [4.78, 5) is 23.7. The summed E-state index contributed by atoms with van der Waals surface area (Å²) < 4.78 is 0. The number of nitrogens with zero attached hydrogens (tertiary/aromatic N) is 4. The minimum Gasteiger partial charge on any atom is -0.346 e. The van der Waals surface area contributed by atoms with E-state index in [9.17, 15) is 0 Å². The van der Waals surface area contributed by atoms with Crippen molar-refractivity contribution in [1.29, 1.82) is 0 Å². The van der Waals surface area contributed by atoms with Gasteiger partial charge in [-0.1, -0.05) is 0 Å². The molecule has 5 heterocycles. The van der Waals surface area contributed by atoms with Crippen LogP contribution in [0.4, 0.5) is 5.82 Å². The van der Waals surface area contributed by atoms with Crippen molar-refractivity contribution < 1.29 is 0 Å². The van der Waals surface area contributed by atoms with Crippen molar-refractivity contribution in [1.82, 2.24) is 30.2 Å². The standard InChI is InChI=1S/C18H21N7S/c1-11-7-20-17-15(11)18(23-10-22-17)25-5-6-26-14(9-25)13-8-21-16(24-13)12-3-2-4-19-12/h7-10,12,19H,2-6H2,1H3,(H,21,24)(H,20,22,23)/t12-/m0/s1. The Morgan fingerprint density at radius 2 is 2.23 bits per heavy atom. The van der Waals surface area contributed by atoms with Crippen LogP contribution >= 0.6 is 11.8 Å². The van der Waals surface area contributed by atoms with E-state index in [1.165, 1.54) is 16.9 Å². The van der Waals surface area contributed by atoms with Gasteiger partial charge in [0, 0.05) is 29.6 Å². The largest absolute Gasteiger partial charge is 0.346 e. The second-order valence-corrected chi connectivity index (χ2v) is 7.90. The average molecular weight is 367 g/mol. The Morgan fingerprint density at radius 1 is 1.27 bits per heavy atom. The number of aromatic nitrogens is 5. The maximum absolute atomic E-state index is 4.61. The molecule has 0 aliphatic carbocycles. The van der Waals surface area contributed by atoms with E-state index in [-0.39, 0.29) is 0 Å². The van der Waals surface area contributed by atoms with E-state index in [1.54, 1.807) is 6.33 Å². The van der Waals surface area contributed by atoms with Crippen LogP contribution in [0.3, 0.4) is 0 Å². The van der Waals surface area contributed by atoms with Crippen LogP contribution in [0.2, 0.25) is 0 Å². The fourth-order valence-electron chi connectivity index (χ4n) is 3.68. The molecule has 3 N–H and O–H groups in total. The van der Waals surface area contributed by atoms with Gasteiger partial charge in [0.25, 0.3) is 0 Å². The van der Waals surface area contributed by atoms with Gasteiger partial charge in [-0.3, -0.25) is 0 Å². The number of fused-ring (bicyclic) bond motifs is 1. The van der Waals surface area contributed by atoms with Crippen molar-refractivity contribution in [3.05, 3.63) is 42.0 Å². The second kappa shape index (κ2) is 6.44.